The van der Waals surface area contributed by atoms with Crippen molar-refractivity contribution in [1.29, 1.82) is 0 Å². The third kappa shape index (κ3) is 3.87. The molecule has 0 aliphatic carbocycles. The van der Waals surface area contributed by atoms with Crippen molar-refractivity contribution in [2.75, 3.05) is 0 Å². The molecular weight excluding hydrogens is 368 g/mol. The molecule has 1 aromatic heterocycles. The van der Waals surface area contributed by atoms with Gasteiger partial charge >= 0.3 is 16.4 Å². The Hall–Kier alpha value is -2.68. The van der Waals surface area contributed by atoms with Gasteiger partial charge in [0.2, 0.25) is 0 Å². The summed E-state index contributed by atoms with van der Waals surface area (Å²) in [6.45, 7) is 3.82. The van der Waals surface area contributed by atoms with E-state index in [9.17, 15) is 13.2 Å². The highest BCUT2D eigenvalue weighted by Crippen LogP contribution is 2.37. The Morgan fingerprint density at radius 2 is 1.89 bits per heavy atom. The van der Waals surface area contributed by atoms with E-state index in [2.05, 4.69) is 4.18 Å². The molecule has 0 atom stereocenters. The summed E-state index contributed by atoms with van der Waals surface area (Å²) in [6, 6.07) is 13.5. The molecule has 0 fully saturated rings. The fourth-order valence-corrected chi connectivity index (χ4v) is 3.64. The van der Waals surface area contributed by atoms with Crippen molar-refractivity contribution >= 4 is 27.3 Å². The van der Waals surface area contributed by atoms with Crippen molar-refractivity contribution in [2.24, 2.45) is 5.73 Å². The molecule has 7 nitrogen and oxygen atoms in total. The Bertz CT molecular complexity index is 1130. The van der Waals surface area contributed by atoms with Crippen molar-refractivity contribution in [3.63, 3.8) is 0 Å². The number of aryl methyl sites for hydroxylation is 1. The van der Waals surface area contributed by atoms with E-state index in [1.807, 2.05) is 56.3 Å². The zero-order chi connectivity index (χ0) is 19.8. The van der Waals surface area contributed by atoms with Crippen LogP contribution in [0.15, 0.2) is 42.5 Å². The Labute approximate surface area is 157 Å². The molecule has 0 aliphatic rings. The van der Waals surface area contributed by atoms with E-state index < -0.39 is 16.4 Å². The van der Waals surface area contributed by atoms with E-state index in [0.717, 1.165) is 38.9 Å². The monoisotopic (exact) mass is 388 g/mol. The average molecular weight is 388 g/mol. The van der Waals surface area contributed by atoms with Crippen LogP contribution in [-0.2, 0) is 32.5 Å². The van der Waals surface area contributed by atoms with E-state index >= 15 is 0 Å². The highest BCUT2D eigenvalue weighted by Gasteiger charge is 2.21. The Balaban J connectivity index is 2.22. The van der Waals surface area contributed by atoms with Crippen molar-refractivity contribution < 1.29 is 21.9 Å². The number of fused-ring (bicyclic) bond motifs is 1. The van der Waals surface area contributed by atoms with Gasteiger partial charge < -0.3 is 14.5 Å². The molecule has 0 unspecified atom stereocenters. The predicted octanol–water partition coefficient (Wildman–Crippen LogP) is 2.73. The van der Waals surface area contributed by atoms with Gasteiger partial charge in [-0.2, -0.15) is 8.42 Å². The van der Waals surface area contributed by atoms with Crippen LogP contribution in [-0.4, -0.2) is 23.5 Å². The van der Waals surface area contributed by atoms with Gasteiger partial charge in [0.25, 0.3) is 0 Å². The van der Waals surface area contributed by atoms with Crippen molar-refractivity contribution in [3.05, 3.63) is 59.3 Å². The number of rotatable bonds is 5. The lowest BCUT2D eigenvalue weighted by Gasteiger charge is -2.10. The van der Waals surface area contributed by atoms with E-state index in [1.54, 1.807) is 4.57 Å². The maximum Gasteiger partial charge on any atom is 0.449 e. The smallest absolute Gasteiger partial charge is 0.333 e. The largest absolute Gasteiger partial charge is 0.449 e. The maximum absolute atomic E-state index is 12.0. The van der Waals surface area contributed by atoms with E-state index in [-0.39, 0.29) is 6.54 Å². The summed E-state index contributed by atoms with van der Waals surface area (Å²) in [4.78, 5) is 12.0. The molecule has 0 aliphatic heterocycles. The second kappa shape index (κ2) is 7.15. The lowest BCUT2D eigenvalue weighted by molar-refractivity contribution is -0.134. The van der Waals surface area contributed by atoms with Gasteiger partial charge in [0, 0.05) is 28.7 Å². The van der Waals surface area contributed by atoms with Crippen LogP contribution in [0, 0.1) is 13.8 Å². The highest BCUT2D eigenvalue weighted by molar-refractivity contribution is 7.81. The molecule has 3 N–H and O–H groups in total. The van der Waals surface area contributed by atoms with Crippen LogP contribution in [0.5, 0.6) is 0 Å². The first-order valence-corrected chi connectivity index (χ1v) is 9.65. The average Bonchev–Trinajstić information content (AvgIpc) is 2.84. The quantitative estimate of drug-likeness (QED) is 0.650. The number of nitrogens with two attached hydrogens (primary N) is 1. The van der Waals surface area contributed by atoms with Crippen molar-refractivity contribution in [2.45, 2.75) is 26.9 Å². The molecule has 0 saturated heterocycles. The number of hydrogen-bond donors (Lipinski definition) is 2. The summed E-state index contributed by atoms with van der Waals surface area (Å²) in [7, 11) is -4.85. The first-order chi connectivity index (χ1) is 12.7. The predicted molar refractivity (Wildman–Crippen MR) is 102 cm³/mol. The van der Waals surface area contributed by atoms with Crippen LogP contribution in [0.2, 0.25) is 0 Å². The van der Waals surface area contributed by atoms with Gasteiger partial charge in [-0.05, 0) is 37.1 Å². The van der Waals surface area contributed by atoms with Crippen LogP contribution >= 0.6 is 0 Å². The molecule has 142 valence electrons. The third-order valence-corrected chi connectivity index (χ3v) is 4.87. The number of benzene rings is 2. The molecule has 8 heteroatoms. The number of carbonyl (C=O) groups excluding carboxylic acids is 1. The Morgan fingerprint density at radius 1 is 1.19 bits per heavy atom. The van der Waals surface area contributed by atoms with Gasteiger partial charge in [-0.15, -0.1) is 0 Å². The van der Waals surface area contributed by atoms with Crippen LogP contribution in [0.1, 0.15) is 16.8 Å². The maximum atomic E-state index is 12.0. The normalized spacial score (nSPS) is 11.7. The lowest BCUT2D eigenvalue weighted by atomic mass is 9.96. The van der Waals surface area contributed by atoms with Gasteiger partial charge in [-0.1, -0.05) is 35.9 Å². The summed E-state index contributed by atoms with van der Waals surface area (Å²) in [6.07, 6.45) is 0. The molecule has 0 bridgehead atoms. The fourth-order valence-electron chi connectivity index (χ4n) is 3.35. The summed E-state index contributed by atoms with van der Waals surface area (Å²) >= 11 is 0. The van der Waals surface area contributed by atoms with Gasteiger partial charge in [0.15, 0.2) is 0 Å². The minimum absolute atomic E-state index is 0.351. The van der Waals surface area contributed by atoms with E-state index in [0.29, 0.717) is 6.54 Å². The molecule has 3 rings (SSSR count). The molecule has 1 heterocycles. The van der Waals surface area contributed by atoms with Gasteiger partial charge in [-0.3, -0.25) is 4.55 Å². The van der Waals surface area contributed by atoms with E-state index in [1.165, 1.54) is 0 Å². The third-order valence-electron chi connectivity index (χ3n) is 4.47. The summed E-state index contributed by atoms with van der Waals surface area (Å²) in [5.41, 5.74) is 11.3. The summed E-state index contributed by atoms with van der Waals surface area (Å²) in [5, 5.41) is 0.924. The topological polar surface area (TPSA) is 112 Å². The molecule has 0 radical (unpaired) electrons. The summed E-state index contributed by atoms with van der Waals surface area (Å²) < 4.78 is 36.1. The molecule has 0 amide bonds. The van der Waals surface area contributed by atoms with Crippen LogP contribution < -0.4 is 5.73 Å². The molecule has 0 saturated carbocycles. The number of nitrogens with zero attached hydrogens (tertiary/aromatic N) is 1. The Kier molecular flexibility index (Phi) is 5.05. The second-order valence-corrected chi connectivity index (χ2v) is 7.33. The fraction of sp³-hybridized carbons (Fsp3) is 0.211. The van der Waals surface area contributed by atoms with Crippen LogP contribution in [0.3, 0.4) is 0 Å². The molecule has 3 aromatic rings. The molecule has 2 aromatic carbocycles. The SMILES string of the molecule is Cc1ccc2c(c1)c(-c1ccccc1CN)c(C)n2CC(=O)OS(=O)(=O)O. The molecular formula is C19H20N2O5S. The first-order valence-electron chi connectivity index (χ1n) is 8.29. The number of carbonyl (C=O) groups is 1. The van der Waals surface area contributed by atoms with Gasteiger partial charge in [0.05, 0.1) is 0 Å². The van der Waals surface area contributed by atoms with Crippen molar-refractivity contribution in [3.8, 4) is 11.1 Å². The van der Waals surface area contributed by atoms with Crippen LogP contribution in [0.4, 0.5) is 0 Å². The Morgan fingerprint density at radius 3 is 2.56 bits per heavy atom. The molecule has 0 spiro atoms. The zero-order valence-electron chi connectivity index (χ0n) is 15.0. The summed E-state index contributed by atoms with van der Waals surface area (Å²) in [5.74, 6) is -1.07. The minimum atomic E-state index is -4.85. The zero-order valence-corrected chi connectivity index (χ0v) is 15.8. The lowest BCUT2D eigenvalue weighted by Crippen LogP contribution is -2.18. The second-order valence-electron chi connectivity index (χ2n) is 6.31. The number of hydrogen-bond acceptors (Lipinski definition) is 5. The minimum Gasteiger partial charge on any atom is -0.333 e. The van der Waals surface area contributed by atoms with Gasteiger partial charge in [0.1, 0.15) is 6.54 Å². The first kappa shape index (κ1) is 19.1. The van der Waals surface area contributed by atoms with Gasteiger partial charge in [-0.25, -0.2) is 4.79 Å². The van der Waals surface area contributed by atoms with Crippen LogP contribution in [0.25, 0.3) is 22.0 Å². The highest BCUT2D eigenvalue weighted by atomic mass is 32.3. The molecule has 27 heavy (non-hydrogen) atoms. The number of aromatic nitrogens is 1. The van der Waals surface area contributed by atoms with E-state index in [4.69, 9.17) is 10.3 Å². The standard InChI is InChI=1S/C19H20N2O5S/c1-12-7-8-17-16(9-12)19(15-6-4-3-5-14(15)10-20)13(2)21(17)11-18(22)26-27(23,24)25/h3-9H,10-11,20H2,1-2H3,(H,23,24,25). The van der Waals surface area contributed by atoms with Crippen molar-refractivity contribution in [1.82, 2.24) is 4.57 Å².